The molecular formula is C13H26N2O4. The van der Waals surface area contributed by atoms with E-state index < -0.39 is 6.10 Å². The molecule has 0 aromatic heterocycles. The van der Waals surface area contributed by atoms with Crippen molar-refractivity contribution in [1.82, 2.24) is 10.2 Å². The number of carbonyl (C=O) groups is 1. The zero-order valence-corrected chi connectivity index (χ0v) is 12.1. The molecule has 1 aliphatic heterocycles. The van der Waals surface area contributed by atoms with E-state index in [-0.39, 0.29) is 18.1 Å². The molecule has 3 unspecified atom stereocenters. The molecule has 0 aromatic rings. The smallest absolute Gasteiger partial charge is 0.222 e. The number of likely N-dealkylation sites (tertiary alicyclic amines) is 1. The van der Waals surface area contributed by atoms with E-state index >= 15 is 0 Å². The molecule has 0 spiro atoms. The van der Waals surface area contributed by atoms with Gasteiger partial charge in [-0.1, -0.05) is 0 Å². The predicted molar refractivity (Wildman–Crippen MR) is 72.0 cm³/mol. The van der Waals surface area contributed by atoms with Crippen LogP contribution in [0.2, 0.25) is 0 Å². The van der Waals surface area contributed by atoms with Gasteiger partial charge in [-0.15, -0.1) is 0 Å². The highest BCUT2D eigenvalue weighted by Gasteiger charge is 2.22. The Balaban J connectivity index is 2.12. The minimum atomic E-state index is -0.540. The van der Waals surface area contributed by atoms with Crippen molar-refractivity contribution in [3.8, 4) is 0 Å². The highest BCUT2D eigenvalue weighted by molar-refractivity contribution is 5.76. The monoisotopic (exact) mass is 274 g/mol. The van der Waals surface area contributed by atoms with Crippen molar-refractivity contribution in [2.75, 3.05) is 40.5 Å². The second-order valence-corrected chi connectivity index (χ2v) is 5.17. The molecule has 6 heteroatoms. The highest BCUT2D eigenvalue weighted by Crippen LogP contribution is 2.09. The van der Waals surface area contributed by atoms with E-state index in [1.165, 1.54) is 0 Å². The van der Waals surface area contributed by atoms with Crippen LogP contribution >= 0.6 is 0 Å². The summed E-state index contributed by atoms with van der Waals surface area (Å²) < 4.78 is 10.4. The van der Waals surface area contributed by atoms with Gasteiger partial charge in [-0.25, -0.2) is 0 Å². The number of piperidine rings is 1. The number of aliphatic hydroxyl groups excluding tert-OH is 1. The Hall–Kier alpha value is -0.690. The van der Waals surface area contributed by atoms with Gasteiger partial charge in [-0.05, 0) is 13.3 Å². The lowest BCUT2D eigenvalue weighted by Crippen LogP contribution is -2.48. The molecule has 1 heterocycles. The van der Waals surface area contributed by atoms with Gasteiger partial charge in [-0.3, -0.25) is 4.79 Å². The second-order valence-electron chi connectivity index (χ2n) is 5.17. The number of likely N-dealkylation sites (N-methyl/N-ethyl adjacent to an activating group) is 1. The van der Waals surface area contributed by atoms with Gasteiger partial charge in [0.05, 0.1) is 25.4 Å². The Morgan fingerprint density at radius 1 is 1.53 bits per heavy atom. The number of ether oxygens (including phenoxy) is 2. The zero-order valence-electron chi connectivity index (χ0n) is 12.1. The van der Waals surface area contributed by atoms with Crippen molar-refractivity contribution in [2.45, 2.75) is 38.0 Å². The maximum Gasteiger partial charge on any atom is 0.222 e. The lowest BCUT2D eigenvalue weighted by molar-refractivity contribution is -0.132. The minimum Gasteiger partial charge on any atom is -0.389 e. The lowest BCUT2D eigenvalue weighted by atomic mass is 10.1. The molecule has 0 radical (unpaired) electrons. The first-order chi connectivity index (χ1) is 9.02. The van der Waals surface area contributed by atoms with E-state index in [1.54, 1.807) is 12.0 Å². The Bertz CT molecular complexity index is 275. The summed E-state index contributed by atoms with van der Waals surface area (Å²) in [6.07, 6.45) is 0.850. The van der Waals surface area contributed by atoms with Crippen LogP contribution in [-0.2, 0) is 14.3 Å². The summed E-state index contributed by atoms with van der Waals surface area (Å²) in [7, 11) is 3.43. The van der Waals surface area contributed by atoms with Gasteiger partial charge in [0, 0.05) is 39.7 Å². The molecule has 1 aliphatic rings. The Labute approximate surface area is 115 Å². The molecule has 0 saturated carbocycles. The van der Waals surface area contributed by atoms with Crippen LogP contribution in [-0.4, -0.2) is 74.6 Å². The van der Waals surface area contributed by atoms with Crippen LogP contribution in [0.4, 0.5) is 0 Å². The molecular weight excluding hydrogens is 248 g/mol. The van der Waals surface area contributed by atoms with Gasteiger partial charge >= 0.3 is 0 Å². The lowest BCUT2D eigenvalue weighted by Gasteiger charge is -2.31. The van der Waals surface area contributed by atoms with Gasteiger partial charge in [-0.2, -0.15) is 0 Å². The van der Waals surface area contributed by atoms with Crippen LogP contribution in [0, 0.1) is 0 Å². The third-order valence-corrected chi connectivity index (χ3v) is 3.24. The molecule has 3 atom stereocenters. The van der Waals surface area contributed by atoms with E-state index in [0.717, 1.165) is 6.42 Å². The molecule has 1 amide bonds. The number of nitrogens with zero attached hydrogens (tertiary/aromatic N) is 1. The number of nitrogens with one attached hydrogen (secondary N) is 1. The Kier molecular flexibility index (Phi) is 7.30. The SMILES string of the molecule is COCC(C)OCC(O)CNC1CCC(=O)N(C)C1. The van der Waals surface area contributed by atoms with Crippen LogP contribution in [0.3, 0.4) is 0 Å². The van der Waals surface area contributed by atoms with Gasteiger partial charge in [0.25, 0.3) is 0 Å². The van der Waals surface area contributed by atoms with Crippen molar-refractivity contribution in [3.05, 3.63) is 0 Å². The minimum absolute atomic E-state index is 0.0157. The van der Waals surface area contributed by atoms with E-state index in [2.05, 4.69) is 5.32 Å². The number of aliphatic hydroxyl groups is 1. The summed E-state index contributed by atoms with van der Waals surface area (Å²) >= 11 is 0. The quantitative estimate of drug-likeness (QED) is 0.631. The van der Waals surface area contributed by atoms with Crippen LogP contribution in [0.1, 0.15) is 19.8 Å². The molecule has 0 bridgehead atoms. The normalized spacial score (nSPS) is 23.5. The molecule has 0 aromatic carbocycles. The number of hydrogen-bond donors (Lipinski definition) is 2. The fraction of sp³-hybridized carbons (Fsp3) is 0.923. The molecule has 6 nitrogen and oxygen atoms in total. The van der Waals surface area contributed by atoms with Gasteiger partial charge < -0.3 is 24.8 Å². The van der Waals surface area contributed by atoms with Crippen LogP contribution in [0.15, 0.2) is 0 Å². The molecule has 112 valence electrons. The van der Waals surface area contributed by atoms with Gasteiger partial charge in [0.1, 0.15) is 0 Å². The number of hydrogen-bond acceptors (Lipinski definition) is 5. The first-order valence-corrected chi connectivity index (χ1v) is 6.79. The second kappa shape index (κ2) is 8.47. The molecule has 1 saturated heterocycles. The summed E-state index contributed by atoms with van der Waals surface area (Å²) in [6.45, 7) is 3.90. The molecule has 2 N–H and O–H groups in total. The summed E-state index contributed by atoms with van der Waals surface area (Å²) in [4.78, 5) is 13.1. The van der Waals surface area contributed by atoms with Crippen molar-refractivity contribution >= 4 is 5.91 Å². The summed E-state index contributed by atoms with van der Waals surface area (Å²) in [5, 5.41) is 13.1. The number of carbonyl (C=O) groups excluding carboxylic acids is 1. The van der Waals surface area contributed by atoms with Crippen molar-refractivity contribution in [1.29, 1.82) is 0 Å². The van der Waals surface area contributed by atoms with E-state index in [9.17, 15) is 9.90 Å². The Morgan fingerprint density at radius 3 is 2.89 bits per heavy atom. The zero-order chi connectivity index (χ0) is 14.3. The van der Waals surface area contributed by atoms with E-state index in [4.69, 9.17) is 9.47 Å². The van der Waals surface area contributed by atoms with Crippen molar-refractivity contribution in [3.63, 3.8) is 0 Å². The fourth-order valence-corrected chi connectivity index (χ4v) is 2.10. The van der Waals surface area contributed by atoms with Gasteiger partial charge in [0.2, 0.25) is 5.91 Å². The summed E-state index contributed by atoms with van der Waals surface area (Å²) in [6, 6.07) is 0.258. The molecule has 19 heavy (non-hydrogen) atoms. The van der Waals surface area contributed by atoms with Crippen LogP contribution < -0.4 is 5.32 Å². The Morgan fingerprint density at radius 2 is 2.26 bits per heavy atom. The summed E-state index contributed by atoms with van der Waals surface area (Å²) in [5.74, 6) is 0.190. The standard InChI is InChI=1S/C13H26N2O4/c1-10(8-18-3)19-9-12(16)6-14-11-4-5-13(17)15(2)7-11/h10-12,14,16H,4-9H2,1-3H3. The summed E-state index contributed by atoms with van der Waals surface area (Å²) in [5.41, 5.74) is 0. The maximum absolute atomic E-state index is 11.3. The third-order valence-electron chi connectivity index (χ3n) is 3.24. The first kappa shape index (κ1) is 16.4. The average Bonchev–Trinajstić information content (AvgIpc) is 2.38. The highest BCUT2D eigenvalue weighted by atomic mass is 16.5. The average molecular weight is 274 g/mol. The largest absolute Gasteiger partial charge is 0.389 e. The van der Waals surface area contributed by atoms with Gasteiger partial charge in [0.15, 0.2) is 0 Å². The van der Waals surface area contributed by atoms with Crippen molar-refractivity contribution < 1.29 is 19.4 Å². The molecule has 0 aliphatic carbocycles. The van der Waals surface area contributed by atoms with E-state index in [1.807, 2.05) is 14.0 Å². The topological polar surface area (TPSA) is 71.0 Å². The first-order valence-electron chi connectivity index (χ1n) is 6.79. The maximum atomic E-state index is 11.3. The molecule has 1 rings (SSSR count). The number of rotatable bonds is 8. The van der Waals surface area contributed by atoms with Crippen LogP contribution in [0.5, 0.6) is 0 Å². The van der Waals surface area contributed by atoms with Crippen molar-refractivity contribution in [2.24, 2.45) is 0 Å². The molecule has 1 fully saturated rings. The fourth-order valence-electron chi connectivity index (χ4n) is 2.10. The predicted octanol–water partition coefficient (Wildman–Crippen LogP) is -0.391. The number of amides is 1. The van der Waals surface area contributed by atoms with Crippen LogP contribution in [0.25, 0.3) is 0 Å². The third kappa shape index (κ3) is 6.33. The number of methoxy groups -OCH3 is 1. The van der Waals surface area contributed by atoms with E-state index in [0.29, 0.717) is 32.7 Å².